The summed E-state index contributed by atoms with van der Waals surface area (Å²) in [7, 11) is 0. The lowest BCUT2D eigenvalue weighted by molar-refractivity contribution is 0.167. The molecule has 2 unspecified atom stereocenters. The van der Waals surface area contributed by atoms with Crippen LogP contribution in [0.25, 0.3) is 0 Å². The fourth-order valence-electron chi connectivity index (χ4n) is 2.16. The predicted octanol–water partition coefficient (Wildman–Crippen LogP) is 2.52. The first-order valence-corrected chi connectivity index (χ1v) is 7.02. The number of hydrogen-bond acceptors (Lipinski definition) is 2. The van der Waals surface area contributed by atoms with Gasteiger partial charge in [-0.3, -0.25) is 0 Å². The Hall–Kier alpha value is 0.310. The van der Waals surface area contributed by atoms with E-state index in [4.69, 9.17) is 0 Å². The van der Waals surface area contributed by atoms with Crippen LogP contribution in [-0.4, -0.2) is 24.6 Å². The van der Waals surface area contributed by atoms with Crippen molar-refractivity contribution in [2.24, 2.45) is 11.8 Å². The average Bonchev–Trinajstić information content (AvgIpc) is 2.87. The Bertz CT molecular complexity index is 156. The van der Waals surface area contributed by atoms with Gasteiger partial charge in [-0.1, -0.05) is 0 Å². The van der Waals surface area contributed by atoms with E-state index in [1.54, 1.807) is 0 Å². The zero-order chi connectivity index (χ0) is 9.10. The molecule has 2 rings (SSSR count). The number of nitrogens with one attached hydrogen (secondary N) is 1. The summed E-state index contributed by atoms with van der Waals surface area (Å²) in [5, 5.41) is 3.66. The Balaban J connectivity index is 1.56. The van der Waals surface area contributed by atoms with Crippen molar-refractivity contribution >= 4 is 11.8 Å². The fourth-order valence-corrected chi connectivity index (χ4v) is 2.70. The van der Waals surface area contributed by atoms with Gasteiger partial charge in [-0.25, -0.2) is 0 Å². The number of rotatable bonds is 6. The van der Waals surface area contributed by atoms with Crippen LogP contribution in [0, 0.1) is 11.8 Å². The van der Waals surface area contributed by atoms with Gasteiger partial charge in [-0.05, 0) is 62.5 Å². The van der Waals surface area contributed by atoms with Crippen molar-refractivity contribution in [1.82, 2.24) is 5.32 Å². The molecule has 0 radical (unpaired) electrons. The maximum atomic E-state index is 3.66. The highest BCUT2D eigenvalue weighted by molar-refractivity contribution is 7.98. The Morgan fingerprint density at radius 3 is 2.46 bits per heavy atom. The second-order valence-corrected chi connectivity index (χ2v) is 5.55. The van der Waals surface area contributed by atoms with Crippen molar-refractivity contribution in [3.63, 3.8) is 0 Å². The van der Waals surface area contributed by atoms with Crippen molar-refractivity contribution in [2.45, 2.75) is 38.1 Å². The number of hydrogen-bond donors (Lipinski definition) is 1. The SMILES string of the molecule is CSCCC1CCC1CNC1CC1. The fraction of sp³-hybridized carbons (Fsp3) is 1.00. The maximum Gasteiger partial charge on any atom is 0.00683 e. The third kappa shape index (κ3) is 2.88. The maximum absolute atomic E-state index is 3.66. The van der Waals surface area contributed by atoms with Crippen LogP contribution in [0.4, 0.5) is 0 Å². The highest BCUT2D eigenvalue weighted by atomic mass is 32.2. The first kappa shape index (κ1) is 9.85. The molecular formula is C11H21NS. The summed E-state index contributed by atoms with van der Waals surface area (Å²) in [5.41, 5.74) is 0. The Kier molecular flexibility index (Phi) is 3.56. The molecule has 2 aliphatic carbocycles. The highest BCUT2D eigenvalue weighted by Crippen LogP contribution is 2.37. The van der Waals surface area contributed by atoms with Crippen molar-refractivity contribution in [1.29, 1.82) is 0 Å². The van der Waals surface area contributed by atoms with Gasteiger partial charge in [0.15, 0.2) is 0 Å². The summed E-state index contributed by atoms with van der Waals surface area (Å²) < 4.78 is 0. The van der Waals surface area contributed by atoms with E-state index in [9.17, 15) is 0 Å². The first-order chi connectivity index (χ1) is 6.40. The molecule has 0 aliphatic heterocycles. The Labute approximate surface area is 86.0 Å². The monoisotopic (exact) mass is 199 g/mol. The third-order valence-electron chi connectivity index (χ3n) is 3.51. The van der Waals surface area contributed by atoms with Gasteiger partial charge in [-0.2, -0.15) is 11.8 Å². The molecule has 2 saturated carbocycles. The highest BCUT2D eigenvalue weighted by Gasteiger charge is 2.31. The zero-order valence-corrected chi connectivity index (χ0v) is 9.41. The van der Waals surface area contributed by atoms with E-state index < -0.39 is 0 Å². The largest absolute Gasteiger partial charge is 0.314 e. The van der Waals surface area contributed by atoms with E-state index in [-0.39, 0.29) is 0 Å². The molecule has 1 nitrogen and oxygen atoms in total. The second-order valence-electron chi connectivity index (χ2n) is 4.56. The van der Waals surface area contributed by atoms with Crippen molar-refractivity contribution in [3.05, 3.63) is 0 Å². The standard InChI is InChI=1S/C11H21NS/c1-13-7-6-9-2-3-10(9)8-12-11-4-5-11/h9-12H,2-8H2,1H3. The molecule has 76 valence electrons. The Morgan fingerprint density at radius 1 is 1.15 bits per heavy atom. The molecule has 0 aromatic rings. The molecule has 2 fully saturated rings. The van der Waals surface area contributed by atoms with Gasteiger partial charge in [0.25, 0.3) is 0 Å². The molecule has 0 aromatic carbocycles. The molecule has 0 amide bonds. The molecular weight excluding hydrogens is 178 g/mol. The van der Waals surface area contributed by atoms with E-state index in [0.717, 1.165) is 17.9 Å². The molecule has 2 atom stereocenters. The zero-order valence-electron chi connectivity index (χ0n) is 8.59. The Morgan fingerprint density at radius 2 is 1.92 bits per heavy atom. The summed E-state index contributed by atoms with van der Waals surface area (Å²) in [5.74, 6) is 3.44. The van der Waals surface area contributed by atoms with Gasteiger partial charge in [0.05, 0.1) is 0 Å². The first-order valence-electron chi connectivity index (χ1n) is 5.62. The summed E-state index contributed by atoms with van der Waals surface area (Å²) in [6.45, 7) is 1.31. The van der Waals surface area contributed by atoms with Crippen molar-refractivity contribution in [3.8, 4) is 0 Å². The predicted molar refractivity (Wildman–Crippen MR) is 60.2 cm³/mol. The molecule has 13 heavy (non-hydrogen) atoms. The van der Waals surface area contributed by atoms with Crippen LogP contribution in [-0.2, 0) is 0 Å². The van der Waals surface area contributed by atoms with Gasteiger partial charge >= 0.3 is 0 Å². The van der Waals surface area contributed by atoms with Gasteiger partial charge in [-0.15, -0.1) is 0 Å². The van der Waals surface area contributed by atoms with E-state index >= 15 is 0 Å². The van der Waals surface area contributed by atoms with E-state index in [1.807, 2.05) is 11.8 Å². The van der Waals surface area contributed by atoms with E-state index in [1.165, 1.54) is 44.4 Å². The molecule has 1 N–H and O–H groups in total. The molecule has 0 bridgehead atoms. The normalized spacial score (nSPS) is 33.0. The second kappa shape index (κ2) is 4.70. The van der Waals surface area contributed by atoms with Crippen molar-refractivity contribution < 1.29 is 0 Å². The van der Waals surface area contributed by atoms with Crippen LogP contribution in [0.5, 0.6) is 0 Å². The van der Waals surface area contributed by atoms with Crippen LogP contribution in [0.1, 0.15) is 32.1 Å². The van der Waals surface area contributed by atoms with Crippen LogP contribution >= 0.6 is 11.8 Å². The average molecular weight is 199 g/mol. The molecule has 2 aliphatic rings. The van der Waals surface area contributed by atoms with Gasteiger partial charge in [0.1, 0.15) is 0 Å². The van der Waals surface area contributed by atoms with Crippen LogP contribution in [0.15, 0.2) is 0 Å². The molecule has 0 aromatic heterocycles. The minimum Gasteiger partial charge on any atom is -0.314 e. The topological polar surface area (TPSA) is 12.0 Å². The lowest BCUT2D eigenvalue weighted by Gasteiger charge is -2.37. The summed E-state index contributed by atoms with van der Waals surface area (Å²) in [6.07, 6.45) is 9.52. The third-order valence-corrected chi connectivity index (χ3v) is 4.16. The van der Waals surface area contributed by atoms with Crippen molar-refractivity contribution in [2.75, 3.05) is 18.6 Å². The molecule has 2 heteroatoms. The quantitative estimate of drug-likeness (QED) is 0.705. The molecule has 0 spiro atoms. The van der Waals surface area contributed by atoms with Gasteiger partial charge < -0.3 is 5.32 Å². The summed E-state index contributed by atoms with van der Waals surface area (Å²) >= 11 is 2.00. The van der Waals surface area contributed by atoms with Gasteiger partial charge in [0, 0.05) is 6.04 Å². The lowest BCUT2D eigenvalue weighted by Crippen LogP contribution is -2.36. The van der Waals surface area contributed by atoms with Crippen LogP contribution in [0.3, 0.4) is 0 Å². The molecule has 0 saturated heterocycles. The minimum atomic E-state index is 0.904. The lowest BCUT2D eigenvalue weighted by atomic mass is 9.72. The minimum absolute atomic E-state index is 0.904. The molecule has 0 heterocycles. The van der Waals surface area contributed by atoms with Crippen LogP contribution < -0.4 is 5.32 Å². The van der Waals surface area contributed by atoms with Crippen LogP contribution in [0.2, 0.25) is 0 Å². The summed E-state index contributed by atoms with van der Waals surface area (Å²) in [4.78, 5) is 0. The van der Waals surface area contributed by atoms with Gasteiger partial charge in [0.2, 0.25) is 0 Å². The van der Waals surface area contributed by atoms with E-state index in [2.05, 4.69) is 11.6 Å². The number of thioether (sulfide) groups is 1. The summed E-state index contributed by atoms with van der Waals surface area (Å²) in [6, 6.07) is 0.904. The van der Waals surface area contributed by atoms with E-state index in [0.29, 0.717) is 0 Å². The smallest absolute Gasteiger partial charge is 0.00683 e.